The van der Waals surface area contributed by atoms with E-state index in [4.69, 9.17) is 5.11 Å². The van der Waals surface area contributed by atoms with E-state index < -0.39 is 11.4 Å². The van der Waals surface area contributed by atoms with Crippen molar-refractivity contribution in [3.05, 3.63) is 23.5 Å². The topological polar surface area (TPSA) is 57.5 Å². The van der Waals surface area contributed by atoms with Gasteiger partial charge in [0.2, 0.25) is 5.78 Å². The third-order valence-corrected chi connectivity index (χ3v) is 1.82. The van der Waals surface area contributed by atoms with Gasteiger partial charge in [-0.1, -0.05) is 0 Å². The Morgan fingerprint density at radius 3 is 2.55 bits per heavy atom. The fourth-order valence-corrected chi connectivity index (χ4v) is 0.868. The normalized spacial score (nSPS) is 31.4. The average molecular weight is 154 g/mol. The molecule has 0 saturated carbocycles. The quantitative estimate of drug-likeness (QED) is 0.540. The summed E-state index contributed by atoms with van der Waals surface area (Å²) in [6, 6.07) is 0. The first kappa shape index (κ1) is 8.01. The van der Waals surface area contributed by atoms with Crippen molar-refractivity contribution in [2.75, 3.05) is 0 Å². The molecule has 0 amide bonds. The molecular formula is C8H10O3. The van der Waals surface area contributed by atoms with Gasteiger partial charge in [0.05, 0.1) is 0 Å². The first-order valence-electron chi connectivity index (χ1n) is 3.31. The second kappa shape index (κ2) is 2.20. The van der Waals surface area contributed by atoms with E-state index in [0.29, 0.717) is 5.57 Å². The van der Waals surface area contributed by atoms with Crippen LogP contribution in [0.4, 0.5) is 0 Å². The van der Waals surface area contributed by atoms with Crippen molar-refractivity contribution in [1.29, 1.82) is 0 Å². The van der Waals surface area contributed by atoms with Crippen LogP contribution in [0, 0.1) is 0 Å². The van der Waals surface area contributed by atoms with Crippen LogP contribution in [-0.4, -0.2) is 21.6 Å². The van der Waals surface area contributed by atoms with Crippen molar-refractivity contribution < 1.29 is 15.0 Å². The second-order valence-corrected chi connectivity index (χ2v) is 2.87. The molecule has 0 spiro atoms. The van der Waals surface area contributed by atoms with E-state index in [9.17, 15) is 9.90 Å². The average Bonchev–Trinajstić information content (AvgIpc) is 1.83. The number of hydrogen-bond donors (Lipinski definition) is 2. The molecule has 0 aliphatic heterocycles. The van der Waals surface area contributed by atoms with Crippen molar-refractivity contribution in [3.8, 4) is 0 Å². The predicted octanol–water partition coefficient (Wildman–Crippen LogP) is 0.708. The Morgan fingerprint density at radius 1 is 1.55 bits per heavy atom. The van der Waals surface area contributed by atoms with Crippen molar-refractivity contribution in [2.24, 2.45) is 0 Å². The molecule has 0 fully saturated rings. The lowest BCUT2D eigenvalue weighted by atomic mass is 9.90. The van der Waals surface area contributed by atoms with E-state index in [1.807, 2.05) is 0 Å². The Labute approximate surface area is 64.7 Å². The zero-order valence-electron chi connectivity index (χ0n) is 6.46. The van der Waals surface area contributed by atoms with E-state index in [2.05, 4.69) is 0 Å². The molecule has 1 atom stereocenters. The Kier molecular flexibility index (Phi) is 1.60. The molecule has 60 valence electrons. The van der Waals surface area contributed by atoms with Crippen LogP contribution < -0.4 is 0 Å². The predicted molar refractivity (Wildman–Crippen MR) is 40.1 cm³/mol. The summed E-state index contributed by atoms with van der Waals surface area (Å²) in [5.41, 5.74) is -0.641. The molecule has 0 heterocycles. The molecule has 0 radical (unpaired) electrons. The second-order valence-electron chi connectivity index (χ2n) is 2.87. The maximum atomic E-state index is 10.8. The fraction of sp³-hybridized carbons (Fsp3) is 0.375. The highest BCUT2D eigenvalue weighted by atomic mass is 16.3. The molecule has 0 aromatic rings. The van der Waals surface area contributed by atoms with Crippen LogP contribution in [0.15, 0.2) is 23.5 Å². The minimum atomic E-state index is -1.18. The number of carbonyl (C=O) groups excluding carboxylic acids is 1. The fourth-order valence-electron chi connectivity index (χ4n) is 0.868. The summed E-state index contributed by atoms with van der Waals surface area (Å²) in [5.74, 6) is -0.838. The summed E-state index contributed by atoms with van der Waals surface area (Å²) in [6.45, 7) is 3.16. The molecule has 1 aliphatic rings. The highest BCUT2D eigenvalue weighted by Gasteiger charge is 2.27. The number of ketones is 1. The Balaban J connectivity index is 3.08. The zero-order valence-corrected chi connectivity index (χ0v) is 6.46. The van der Waals surface area contributed by atoms with Crippen molar-refractivity contribution >= 4 is 5.78 Å². The summed E-state index contributed by atoms with van der Waals surface area (Å²) in [5, 5.41) is 18.4. The number of aliphatic hydroxyl groups excluding tert-OH is 1. The monoisotopic (exact) mass is 154 g/mol. The van der Waals surface area contributed by atoms with Gasteiger partial charge in [0.25, 0.3) is 0 Å². The van der Waals surface area contributed by atoms with Crippen LogP contribution >= 0.6 is 0 Å². The maximum Gasteiger partial charge on any atom is 0.219 e. The van der Waals surface area contributed by atoms with Crippen LogP contribution in [0.3, 0.4) is 0 Å². The van der Waals surface area contributed by atoms with Crippen LogP contribution in [0.2, 0.25) is 0 Å². The molecule has 1 rings (SSSR count). The highest BCUT2D eigenvalue weighted by molar-refractivity contribution is 6.04. The van der Waals surface area contributed by atoms with Gasteiger partial charge in [-0.15, -0.1) is 0 Å². The molecule has 0 bridgehead atoms. The minimum absolute atomic E-state index is 0.388. The van der Waals surface area contributed by atoms with Gasteiger partial charge in [-0.25, -0.2) is 0 Å². The number of aliphatic hydroxyl groups is 2. The summed E-state index contributed by atoms with van der Waals surface area (Å²) in [6.07, 6.45) is 2.38. The molecule has 2 N–H and O–H groups in total. The Bertz CT molecular complexity index is 259. The lowest BCUT2D eigenvalue weighted by Gasteiger charge is -2.23. The van der Waals surface area contributed by atoms with Crippen LogP contribution in [0.25, 0.3) is 0 Å². The molecule has 0 aromatic heterocycles. The summed E-state index contributed by atoms with van der Waals surface area (Å²) >= 11 is 0. The largest absolute Gasteiger partial charge is 0.504 e. The third-order valence-electron chi connectivity index (χ3n) is 1.82. The molecular weight excluding hydrogens is 144 g/mol. The van der Waals surface area contributed by atoms with E-state index >= 15 is 0 Å². The smallest absolute Gasteiger partial charge is 0.219 e. The van der Waals surface area contributed by atoms with Gasteiger partial charge in [-0.3, -0.25) is 4.79 Å². The number of carbonyl (C=O) groups is 1. The molecule has 0 aromatic carbocycles. The van der Waals surface area contributed by atoms with E-state index in [0.717, 1.165) is 6.08 Å². The molecule has 3 nitrogen and oxygen atoms in total. The van der Waals surface area contributed by atoms with Gasteiger partial charge >= 0.3 is 0 Å². The lowest BCUT2D eigenvalue weighted by molar-refractivity contribution is -0.114. The van der Waals surface area contributed by atoms with Gasteiger partial charge in [0, 0.05) is 0 Å². The van der Waals surface area contributed by atoms with Gasteiger partial charge < -0.3 is 10.2 Å². The van der Waals surface area contributed by atoms with Gasteiger partial charge in [-0.2, -0.15) is 0 Å². The van der Waals surface area contributed by atoms with Crippen LogP contribution in [0.5, 0.6) is 0 Å². The van der Waals surface area contributed by atoms with Crippen molar-refractivity contribution in [3.63, 3.8) is 0 Å². The SMILES string of the molecule is CC1=CC(=O)C(O)=CC1(C)O. The summed E-state index contributed by atoms with van der Waals surface area (Å²) in [7, 11) is 0. The molecule has 1 aliphatic carbocycles. The van der Waals surface area contributed by atoms with Gasteiger partial charge in [-0.05, 0) is 31.6 Å². The first-order chi connectivity index (χ1) is 4.93. The molecule has 3 heteroatoms. The van der Waals surface area contributed by atoms with Crippen molar-refractivity contribution in [1.82, 2.24) is 0 Å². The Morgan fingerprint density at radius 2 is 2.09 bits per heavy atom. The minimum Gasteiger partial charge on any atom is -0.504 e. The standard InChI is InChI=1S/C8H10O3/c1-5-3-6(9)7(10)4-8(5,2)11/h3-4,10-11H,1-2H3. The number of rotatable bonds is 0. The van der Waals surface area contributed by atoms with Crippen LogP contribution in [0.1, 0.15) is 13.8 Å². The van der Waals surface area contributed by atoms with E-state index in [1.165, 1.54) is 13.0 Å². The Hall–Kier alpha value is -1.09. The summed E-state index contributed by atoms with van der Waals surface area (Å²) < 4.78 is 0. The van der Waals surface area contributed by atoms with E-state index in [-0.39, 0.29) is 5.76 Å². The van der Waals surface area contributed by atoms with E-state index in [1.54, 1.807) is 6.92 Å². The van der Waals surface area contributed by atoms with Crippen molar-refractivity contribution in [2.45, 2.75) is 19.4 Å². The molecule has 0 saturated heterocycles. The van der Waals surface area contributed by atoms with Crippen LogP contribution in [-0.2, 0) is 4.79 Å². The highest BCUT2D eigenvalue weighted by Crippen LogP contribution is 2.23. The van der Waals surface area contributed by atoms with Gasteiger partial charge in [0.1, 0.15) is 5.60 Å². The first-order valence-corrected chi connectivity index (χ1v) is 3.31. The lowest BCUT2D eigenvalue weighted by Crippen LogP contribution is -2.28. The number of allylic oxidation sites excluding steroid dienone is 1. The number of hydrogen-bond acceptors (Lipinski definition) is 3. The molecule has 11 heavy (non-hydrogen) atoms. The summed E-state index contributed by atoms with van der Waals surface area (Å²) in [4.78, 5) is 10.8. The zero-order chi connectivity index (χ0) is 8.65. The van der Waals surface area contributed by atoms with Gasteiger partial charge in [0.15, 0.2) is 5.76 Å². The molecule has 1 unspecified atom stereocenters. The third kappa shape index (κ3) is 1.33. The maximum absolute atomic E-state index is 10.8.